The van der Waals surface area contributed by atoms with Gasteiger partial charge >= 0.3 is 0 Å². The average molecular weight is 280 g/mol. The Labute approximate surface area is 122 Å². The van der Waals surface area contributed by atoms with E-state index in [-0.39, 0.29) is 12.2 Å². The van der Waals surface area contributed by atoms with Crippen molar-refractivity contribution in [3.8, 4) is 0 Å². The molecule has 106 valence electrons. The molecule has 0 N–H and O–H groups in total. The van der Waals surface area contributed by atoms with Crippen molar-refractivity contribution in [2.75, 3.05) is 0 Å². The van der Waals surface area contributed by atoms with Gasteiger partial charge in [-0.15, -0.1) is 0 Å². The first kappa shape index (κ1) is 13.4. The molecule has 5 nitrogen and oxygen atoms in total. The van der Waals surface area contributed by atoms with Crippen LogP contribution in [0.5, 0.6) is 0 Å². The number of hydrogen-bond acceptors (Lipinski definition) is 4. The van der Waals surface area contributed by atoms with Crippen molar-refractivity contribution in [2.24, 2.45) is 0 Å². The Morgan fingerprint density at radius 2 is 2.10 bits per heavy atom. The van der Waals surface area contributed by atoms with Crippen LogP contribution < -0.4 is 0 Å². The first-order valence-electron chi connectivity index (χ1n) is 6.95. The number of ketones is 1. The van der Waals surface area contributed by atoms with Crippen molar-refractivity contribution >= 4 is 16.7 Å². The van der Waals surface area contributed by atoms with Crippen LogP contribution in [0.4, 0.5) is 0 Å². The third-order valence-electron chi connectivity index (χ3n) is 3.52. The number of carbonyl (C=O) groups excluding carboxylic acids is 1. The fourth-order valence-corrected chi connectivity index (χ4v) is 2.42. The van der Waals surface area contributed by atoms with Gasteiger partial charge in [0.15, 0.2) is 5.78 Å². The fourth-order valence-electron chi connectivity index (χ4n) is 2.42. The van der Waals surface area contributed by atoms with E-state index in [0.29, 0.717) is 18.1 Å². The van der Waals surface area contributed by atoms with Crippen LogP contribution in [-0.4, -0.2) is 25.5 Å². The van der Waals surface area contributed by atoms with Gasteiger partial charge in [0.05, 0.1) is 11.9 Å². The van der Waals surface area contributed by atoms with Gasteiger partial charge in [-0.05, 0) is 31.5 Å². The van der Waals surface area contributed by atoms with E-state index in [0.717, 1.165) is 16.5 Å². The van der Waals surface area contributed by atoms with Crippen LogP contribution in [0.3, 0.4) is 0 Å². The molecule has 0 spiro atoms. The van der Waals surface area contributed by atoms with Crippen molar-refractivity contribution in [1.29, 1.82) is 0 Å². The van der Waals surface area contributed by atoms with Gasteiger partial charge < -0.3 is 0 Å². The van der Waals surface area contributed by atoms with E-state index >= 15 is 0 Å². The third kappa shape index (κ3) is 2.54. The third-order valence-corrected chi connectivity index (χ3v) is 3.52. The number of aryl methyl sites for hydroxylation is 2. The number of hydrogen-bond donors (Lipinski definition) is 0. The minimum absolute atomic E-state index is 0.0356. The predicted octanol–water partition coefficient (Wildman–Crippen LogP) is 2.58. The van der Waals surface area contributed by atoms with Crippen molar-refractivity contribution < 1.29 is 4.79 Å². The van der Waals surface area contributed by atoms with E-state index in [2.05, 4.69) is 15.1 Å². The van der Waals surface area contributed by atoms with Gasteiger partial charge in [-0.2, -0.15) is 5.10 Å². The summed E-state index contributed by atoms with van der Waals surface area (Å²) in [5.74, 6) is 0.640. The average Bonchev–Trinajstić information content (AvgIpc) is 2.94. The normalized spacial score (nSPS) is 11.0. The van der Waals surface area contributed by atoms with E-state index in [4.69, 9.17) is 0 Å². The predicted molar refractivity (Wildman–Crippen MR) is 80.2 cm³/mol. The van der Waals surface area contributed by atoms with Crippen LogP contribution >= 0.6 is 0 Å². The van der Waals surface area contributed by atoms with Gasteiger partial charge in [0.1, 0.15) is 17.8 Å². The zero-order chi connectivity index (χ0) is 14.8. The van der Waals surface area contributed by atoms with E-state index in [1.54, 1.807) is 4.68 Å². The number of nitrogens with zero attached hydrogens (tertiary/aromatic N) is 4. The van der Waals surface area contributed by atoms with E-state index < -0.39 is 0 Å². The molecule has 0 fully saturated rings. The van der Waals surface area contributed by atoms with Crippen LogP contribution in [0, 0.1) is 6.92 Å². The minimum atomic E-state index is -0.0356. The van der Waals surface area contributed by atoms with Crippen LogP contribution in [0.15, 0.2) is 36.7 Å². The van der Waals surface area contributed by atoms with Gasteiger partial charge in [0.25, 0.3) is 0 Å². The van der Waals surface area contributed by atoms with Gasteiger partial charge in [-0.25, -0.2) is 14.6 Å². The lowest BCUT2D eigenvalue weighted by Crippen LogP contribution is -2.12. The molecule has 3 rings (SSSR count). The number of para-hydroxylation sites is 1. The molecule has 0 atom stereocenters. The lowest BCUT2D eigenvalue weighted by Gasteiger charge is -2.06. The monoisotopic (exact) mass is 280 g/mol. The fraction of sp³-hybridized carbons (Fsp3) is 0.250. The molecule has 0 saturated heterocycles. The number of carbonyl (C=O) groups is 1. The molecule has 0 radical (unpaired) electrons. The maximum atomic E-state index is 12.4. The first-order valence-corrected chi connectivity index (χ1v) is 6.95. The van der Waals surface area contributed by atoms with Gasteiger partial charge in [0.2, 0.25) is 0 Å². The SMILES string of the molecule is CCn1ncnc1CC(=O)c1cc(C)c2ccccc2n1. The number of aromatic nitrogens is 4. The highest BCUT2D eigenvalue weighted by Gasteiger charge is 2.14. The van der Waals surface area contributed by atoms with Crippen LogP contribution in [-0.2, 0) is 13.0 Å². The van der Waals surface area contributed by atoms with E-state index in [9.17, 15) is 4.79 Å². The molecular weight excluding hydrogens is 264 g/mol. The minimum Gasteiger partial charge on any atom is -0.292 e. The van der Waals surface area contributed by atoms with Crippen molar-refractivity contribution in [3.63, 3.8) is 0 Å². The number of fused-ring (bicyclic) bond motifs is 1. The highest BCUT2D eigenvalue weighted by Crippen LogP contribution is 2.18. The molecule has 0 amide bonds. The molecule has 0 aliphatic carbocycles. The molecule has 2 heterocycles. The van der Waals surface area contributed by atoms with Gasteiger partial charge in [-0.3, -0.25) is 4.79 Å². The van der Waals surface area contributed by atoms with Crippen LogP contribution in [0.2, 0.25) is 0 Å². The van der Waals surface area contributed by atoms with Crippen LogP contribution in [0.25, 0.3) is 10.9 Å². The summed E-state index contributed by atoms with van der Waals surface area (Å²) < 4.78 is 1.73. The summed E-state index contributed by atoms with van der Waals surface area (Å²) in [7, 11) is 0. The Balaban J connectivity index is 1.95. The topological polar surface area (TPSA) is 60.7 Å². The number of rotatable bonds is 4. The summed E-state index contributed by atoms with van der Waals surface area (Å²) in [5, 5.41) is 5.16. The number of benzene rings is 1. The molecule has 0 bridgehead atoms. The lowest BCUT2D eigenvalue weighted by molar-refractivity contribution is 0.0985. The maximum absolute atomic E-state index is 12.4. The Kier molecular flexibility index (Phi) is 3.48. The van der Waals surface area contributed by atoms with Crippen molar-refractivity contribution in [2.45, 2.75) is 26.8 Å². The summed E-state index contributed by atoms with van der Waals surface area (Å²) in [6, 6.07) is 9.68. The first-order chi connectivity index (χ1) is 10.2. The molecule has 0 unspecified atom stereocenters. The Bertz CT molecular complexity index is 807. The molecule has 0 saturated carbocycles. The second-order valence-electron chi connectivity index (χ2n) is 4.93. The maximum Gasteiger partial charge on any atom is 0.188 e. The molecular formula is C16H16N4O. The zero-order valence-corrected chi connectivity index (χ0v) is 12.1. The molecule has 3 aromatic rings. The quantitative estimate of drug-likeness (QED) is 0.689. The summed E-state index contributed by atoms with van der Waals surface area (Å²) in [5.41, 5.74) is 2.38. The van der Waals surface area contributed by atoms with E-state index in [1.165, 1.54) is 6.33 Å². The zero-order valence-electron chi connectivity index (χ0n) is 12.1. The Hall–Kier alpha value is -2.56. The molecule has 0 aliphatic rings. The highest BCUT2D eigenvalue weighted by atomic mass is 16.1. The summed E-state index contributed by atoms with van der Waals surface area (Å²) in [4.78, 5) is 21.0. The highest BCUT2D eigenvalue weighted by molar-refractivity contribution is 5.98. The largest absolute Gasteiger partial charge is 0.292 e. The molecule has 2 aromatic heterocycles. The van der Waals surface area contributed by atoms with Crippen molar-refractivity contribution in [3.05, 3.63) is 53.7 Å². The van der Waals surface area contributed by atoms with Gasteiger partial charge in [0, 0.05) is 11.9 Å². The lowest BCUT2D eigenvalue weighted by atomic mass is 10.1. The smallest absolute Gasteiger partial charge is 0.188 e. The molecule has 1 aromatic carbocycles. The summed E-state index contributed by atoms with van der Waals surface area (Å²) in [6.45, 7) is 4.67. The second kappa shape index (κ2) is 5.44. The second-order valence-corrected chi connectivity index (χ2v) is 4.93. The number of pyridine rings is 1. The summed E-state index contributed by atoms with van der Waals surface area (Å²) in [6.07, 6.45) is 1.70. The van der Waals surface area contributed by atoms with Crippen LogP contribution in [0.1, 0.15) is 28.8 Å². The molecule has 5 heteroatoms. The Morgan fingerprint density at radius 1 is 1.29 bits per heavy atom. The number of Topliss-reactive ketones (excluding diaryl/α,β-unsaturated/α-hetero) is 1. The molecule has 0 aliphatic heterocycles. The van der Waals surface area contributed by atoms with E-state index in [1.807, 2.05) is 44.2 Å². The Morgan fingerprint density at radius 3 is 2.90 bits per heavy atom. The summed E-state index contributed by atoms with van der Waals surface area (Å²) >= 11 is 0. The molecule has 21 heavy (non-hydrogen) atoms. The van der Waals surface area contributed by atoms with Gasteiger partial charge in [-0.1, -0.05) is 18.2 Å². The van der Waals surface area contributed by atoms with Crippen molar-refractivity contribution in [1.82, 2.24) is 19.7 Å². The standard InChI is InChI=1S/C16H16N4O/c1-3-20-16(17-10-18-20)9-15(21)14-8-11(2)12-6-4-5-7-13(12)19-14/h4-8,10H,3,9H2,1-2H3.